The van der Waals surface area contributed by atoms with Crippen molar-refractivity contribution in [2.45, 2.75) is 25.4 Å². The molecule has 5 heteroatoms. The highest BCUT2D eigenvalue weighted by Crippen LogP contribution is 2.38. The van der Waals surface area contributed by atoms with Gasteiger partial charge in [0, 0.05) is 21.9 Å². The SMILES string of the molecule is CC1(C)NCC(N=[N+]=[N-])c2ccsc21. The van der Waals surface area contributed by atoms with E-state index in [0.29, 0.717) is 0 Å². The fourth-order valence-electron chi connectivity index (χ4n) is 1.80. The molecular weight excluding hydrogens is 196 g/mol. The lowest BCUT2D eigenvalue weighted by Gasteiger charge is -2.34. The van der Waals surface area contributed by atoms with Crippen molar-refractivity contribution in [2.24, 2.45) is 5.11 Å². The minimum Gasteiger partial charge on any atom is -0.306 e. The number of nitrogens with one attached hydrogen (secondary N) is 1. The molecule has 0 radical (unpaired) electrons. The molecule has 0 aliphatic carbocycles. The van der Waals surface area contributed by atoms with E-state index in [1.54, 1.807) is 11.3 Å². The van der Waals surface area contributed by atoms with Gasteiger partial charge in [0.1, 0.15) is 0 Å². The molecule has 0 spiro atoms. The zero-order chi connectivity index (χ0) is 10.2. The number of hydrogen-bond acceptors (Lipinski definition) is 3. The van der Waals surface area contributed by atoms with Crippen LogP contribution in [-0.4, -0.2) is 6.54 Å². The monoisotopic (exact) mass is 208 g/mol. The summed E-state index contributed by atoms with van der Waals surface area (Å²) in [5.41, 5.74) is 9.63. The van der Waals surface area contributed by atoms with Crippen molar-refractivity contribution in [3.8, 4) is 0 Å². The van der Waals surface area contributed by atoms with Gasteiger partial charge in [0.15, 0.2) is 0 Å². The van der Waals surface area contributed by atoms with E-state index in [1.165, 1.54) is 10.4 Å². The summed E-state index contributed by atoms with van der Waals surface area (Å²) in [6.07, 6.45) is 0. The highest BCUT2D eigenvalue weighted by Gasteiger charge is 2.32. The predicted octanol–water partition coefficient (Wildman–Crippen LogP) is 2.94. The number of thiophene rings is 1. The molecule has 0 bridgehead atoms. The molecule has 14 heavy (non-hydrogen) atoms. The van der Waals surface area contributed by atoms with Gasteiger partial charge in [0.2, 0.25) is 0 Å². The van der Waals surface area contributed by atoms with E-state index in [0.717, 1.165) is 6.54 Å². The Hall–Kier alpha value is -1.03. The Bertz CT molecular complexity index is 389. The summed E-state index contributed by atoms with van der Waals surface area (Å²) >= 11 is 1.72. The van der Waals surface area contributed by atoms with Crippen molar-refractivity contribution in [1.29, 1.82) is 0 Å². The third kappa shape index (κ3) is 1.39. The van der Waals surface area contributed by atoms with Crippen molar-refractivity contribution in [3.63, 3.8) is 0 Å². The molecule has 0 saturated carbocycles. The summed E-state index contributed by atoms with van der Waals surface area (Å²) in [6.45, 7) is 5.02. The fourth-order valence-corrected chi connectivity index (χ4v) is 2.85. The molecule has 1 aromatic heterocycles. The van der Waals surface area contributed by atoms with Gasteiger partial charge in [-0.2, -0.15) is 0 Å². The number of nitrogens with zero attached hydrogens (tertiary/aromatic N) is 3. The second-order valence-electron chi connectivity index (χ2n) is 3.93. The topological polar surface area (TPSA) is 60.8 Å². The Morgan fingerprint density at radius 2 is 2.50 bits per heavy atom. The molecule has 0 fully saturated rings. The first-order valence-corrected chi connectivity index (χ1v) is 5.40. The first kappa shape index (κ1) is 9.52. The second-order valence-corrected chi connectivity index (χ2v) is 4.85. The first-order valence-electron chi connectivity index (χ1n) is 4.52. The summed E-state index contributed by atoms with van der Waals surface area (Å²) < 4.78 is 0. The molecule has 0 amide bonds. The first-order chi connectivity index (χ1) is 6.65. The van der Waals surface area contributed by atoms with Crippen LogP contribution in [0.25, 0.3) is 10.4 Å². The van der Waals surface area contributed by atoms with E-state index in [4.69, 9.17) is 5.53 Å². The zero-order valence-corrected chi connectivity index (χ0v) is 9.01. The van der Waals surface area contributed by atoms with Gasteiger partial charge in [-0.1, -0.05) is 5.11 Å². The van der Waals surface area contributed by atoms with Crippen LogP contribution >= 0.6 is 11.3 Å². The number of hydrogen-bond donors (Lipinski definition) is 1. The highest BCUT2D eigenvalue weighted by molar-refractivity contribution is 7.10. The minimum absolute atomic E-state index is 0.00494. The Morgan fingerprint density at radius 3 is 3.21 bits per heavy atom. The molecule has 2 rings (SSSR count). The van der Waals surface area contributed by atoms with Crippen LogP contribution in [0, 0.1) is 0 Å². The molecule has 0 aromatic carbocycles. The lowest BCUT2D eigenvalue weighted by atomic mass is 9.91. The third-order valence-corrected chi connectivity index (χ3v) is 3.80. The van der Waals surface area contributed by atoms with Crippen LogP contribution in [0.1, 0.15) is 30.3 Å². The van der Waals surface area contributed by atoms with Crippen molar-refractivity contribution < 1.29 is 0 Å². The van der Waals surface area contributed by atoms with Crippen LogP contribution in [0.3, 0.4) is 0 Å². The molecule has 2 heterocycles. The molecule has 1 atom stereocenters. The summed E-state index contributed by atoms with van der Waals surface area (Å²) in [5.74, 6) is 0. The van der Waals surface area contributed by atoms with Gasteiger partial charge >= 0.3 is 0 Å². The maximum atomic E-state index is 8.45. The second kappa shape index (κ2) is 3.28. The summed E-state index contributed by atoms with van der Waals surface area (Å²) in [7, 11) is 0. The van der Waals surface area contributed by atoms with E-state index >= 15 is 0 Å². The van der Waals surface area contributed by atoms with Crippen LogP contribution in [0.15, 0.2) is 16.6 Å². The van der Waals surface area contributed by atoms with Gasteiger partial charge in [0.25, 0.3) is 0 Å². The van der Waals surface area contributed by atoms with E-state index in [2.05, 4.69) is 40.6 Å². The maximum Gasteiger partial charge on any atom is 0.0761 e. The Labute approximate surface area is 86.6 Å². The van der Waals surface area contributed by atoms with Crippen LogP contribution in [0.2, 0.25) is 0 Å². The molecule has 4 nitrogen and oxygen atoms in total. The minimum atomic E-state index is -0.0470. The van der Waals surface area contributed by atoms with Crippen molar-refractivity contribution in [1.82, 2.24) is 5.32 Å². The average Bonchev–Trinajstić information content (AvgIpc) is 2.60. The van der Waals surface area contributed by atoms with Gasteiger partial charge in [-0.15, -0.1) is 11.3 Å². The van der Waals surface area contributed by atoms with Crippen molar-refractivity contribution in [2.75, 3.05) is 6.54 Å². The number of fused-ring (bicyclic) bond motifs is 1. The third-order valence-electron chi connectivity index (χ3n) is 2.55. The van der Waals surface area contributed by atoms with Gasteiger partial charge < -0.3 is 5.32 Å². The Balaban J connectivity index is 2.47. The molecule has 1 aromatic rings. The molecule has 1 N–H and O–H groups in total. The highest BCUT2D eigenvalue weighted by atomic mass is 32.1. The molecule has 1 unspecified atom stereocenters. The lowest BCUT2D eigenvalue weighted by Crippen LogP contribution is -2.42. The average molecular weight is 208 g/mol. The summed E-state index contributed by atoms with van der Waals surface area (Å²) in [5, 5.41) is 9.22. The largest absolute Gasteiger partial charge is 0.306 e. The summed E-state index contributed by atoms with van der Waals surface area (Å²) in [4.78, 5) is 4.15. The van der Waals surface area contributed by atoms with E-state index in [-0.39, 0.29) is 11.6 Å². The van der Waals surface area contributed by atoms with E-state index < -0.39 is 0 Å². The normalized spacial score (nSPS) is 23.7. The fraction of sp³-hybridized carbons (Fsp3) is 0.556. The molecule has 74 valence electrons. The standard InChI is InChI=1S/C9H12N4S/c1-9(2)8-6(3-4-14-8)7(5-11-9)12-13-10/h3-4,7,11H,5H2,1-2H3. The van der Waals surface area contributed by atoms with Gasteiger partial charge in [-0.25, -0.2) is 0 Å². The van der Waals surface area contributed by atoms with Crippen LogP contribution in [-0.2, 0) is 5.54 Å². The Kier molecular flexibility index (Phi) is 2.23. The number of azide groups is 1. The molecular formula is C9H12N4S. The van der Waals surface area contributed by atoms with Crippen molar-refractivity contribution in [3.05, 3.63) is 32.3 Å². The molecule has 1 aliphatic heterocycles. The zero-order valence-electron chi connectivity index (χ0n) is 8.19. The molecule has 1 aliphatic rings. The Morgan fingerprint density at radius 1 is 1.71 bits per heavy atom. The van der Waals surface area contributed by atoms with Crippen LogP contribution < -0.4 is 5.32 Å². The van der Waals surface area contributed by atoms with Crippen molar-refractivity contribution >= 4 is 11.3 Å². The maximum absolute atomic E-state index is 8.45. The summed E-state index contributed by atoms with van der Waals surface area (Å²) in [6, 6.07) is 2.01. The van der Waals surface area contributed by atoms with Gasteiger partial charge in [-0.05, 0) is 36.4 Å². The quantitative estimate of drug-likeness (QED) is 0.430. The van der Waals surface area contributed by atoms with Crippen LogP contribution in [0.4, 0.5) is 0 Å². The number of rotatable bonds is 1. The lowest BCUT2D eigenvalue weighted by molar-refractivity contribution is 0.364. The van der Waals surface area contributed by atoms with E-state index in [9.17, 15) is 0 Å². The predicted molar refractivity (Wildman–Crippen MR) is 57.2 cm³/mol. The van der Waals surface area contributed by atoms with E-state index in [1.807, 2.05) is 0 Å². The smallest absolute Gasteiger partial charge is 0.0761 e. The van der Waals surface area contributed by atoms with Gasteiger partial charge in [-0.3, -0.25) is 0 Å². The van der Waals surface area contributed by atoms with Crippen LogP contribution in [0.5, 0.6) is 0 Å². The molecule has 0 saturated heterocycles. The van der Waals surface area contributed by atoms with Gasteiger partial charge in [0.05, 0.1) is 6.04 Å².